The highest BCUT2D eigenvalue weighted by atomic mass is 16.5. The van der Waals surface area contributed by atoms with Crippen molar-refractivity contribution in [3.05, 3.63) is 0 Å². The molecule has 2 atom stereocenters. The van der Waals surface area contributed by atoms with Gasteiger partial charge >= 0.3 is 0 Å². The van der Waals surface area contributed by atoms with E-state index in [2.05, 4.69) is 4.90 Å². The van der Waals surface area contributed by atoms with E-state index in [9.17, 15) is 5.11 Å². The van der Waals surface area contributed by atoms with Gasteiger partial charge in [-0.25, -0.2) is 0 Å². The molecule has 13 heavy (non-hydrogen) atoms. The molecule has 0 aromatic rings. The van der Waals surface area contributed by atoms with E-state index in [1.807, 2.05) is 6.92 Å². The smallest absolute Gasteiger partial charge is 0.0900 e. The molecule has 4 heteroatoms. The fraction of sp³-hybridized carbons (Fsp3) is 1.00. The van der Waals surface area contributed by atoms with Crippen molar-refractivity contribution < 1.29 is 9.84 Å². The molecule has 0 aromatic heterocycles. The molecule has 1 saturated heterocycles. The molecule has 0 aliphatic carbocycles. The van der Waals surface area contributed by atoms with Crippen molar-refractivity contribution in [3.8, 4) is 0 Å². The normalized spacial score (nSPS) is 26.5. The fourth-order valence-electron chi connectivity index (χ4n) is 1.63. The first-order chi connectivity index (χ1) is 6.22. The minimum absolute atomic E-state index is 0.291. The van der Waals surface area contributed by atoms with Crippen molar-refractivity contribution in [1.29, 1.82) is 0 Å². The topological polar surface area (TPSA) is 58.7 Å². The minimum atomic E-state index is -0.370. The van der Waals surface area contributed by atoms with Crippen LogP contribution in [-0.4, -0.2) is 55.0 Å². The van der Waals surface area contributed by atoms with Gasteiger partial charge in [0.05, 0.1) is 12.7 Å². The molecule has 0 spiro atoms. The van der Waals surface area contributed by atoms with Crippen LogP contribution >= 0.6 is 0 Å². The molecule has 1 rings (SSSR count). The number of hydrogen-bond donors (Lipinski definition) is 2. The summed E-state index contributed by atoms with van der Waals surface area (Å²) in [5.74, 6) is 0. The Morgan fingerprint density at radius 3 is 3.00 bits per heavy atom. The molecule has 78 valence electrons. The number of nitrogens with two attached hydrogens (primary N) is 1. The van der Waals surface area contributed by atoms with Crippen LogP contribution in [0.15, 0.2) is 0 Å². The van der Waals surface area contributed by atoms with Gasteiger partial charge in [0.25, 0.3) is 0 Å². The van der Waals surface area contributed by atoms with Gasteiger partial charge in [-0.15, -0.1) is 0 Å². The Balaban J connectivity index is 2.09. The first-order valence-electron chi connectivity index (χ1n) is 4.96. The van der Waals surface area contributed by atoms with Gasteiger partial charge in [-0.3, -0.25) is 4.90 Å². The van der Waals surface area contributed by atoms with E-state index >= 15 is 0 Å². The maximum atomic E-state index is 9.52. The van der Waals surface area contributed by atoms with Crippen LogP contribution in [0.2, 0.25) is 0 Å². The fourth-order valence-corrected chi connectivity index (χ4v) is 1.63. The molecule has 0 aromatic carbocycles. The molecule has 0 amide bonds. The summed E-state index contributed by atoms with van der Waals surface area (Å²) in [6.45, 7) is 5.62. The van der Waals surface area contributed by atoms with Gasteiger partial charge in [-0.2, -0.15) is 0 Å². The van der Waals surface area contributed by atoms with Gasteiger partial charge < -0.3 is 15.6 Å². The zero-order valence-corrected chi connectivity index (χ0v) is 8.28. The Morgan fingerprint density at radius 1 is 1.69 bits per heavy atom. The van der Waals surface area contributed by atoms with Crippen LogP contribution in [0.1, 0.15) is 13.3 Å². The average molecular weight is 188 g/mol. The Labute approximate surface area is 79.7 Å². The number of nitrogens with zero attached hydrogens (tertiary/aromatic N) is 1. The summed E-state index contributed by atoms with van der Waals surface area (Å²) in [4.78, 5) is 2.19. The SMILES string of the molecule is CCOCC(O)CN1CC[C@@H](N)C1. The van der Waals surface area contributed by atoms with Crippen molar-refractivity contribution >= 4 is 0 Å². The van der Waals surface area contributed by atoms with E-state index in [-0.39, 0.29) is 6.10 Å². The van der Waals surface area contributed by atoms with E-state index in [0.717, 1.165) is 19.5 Å². The van der Waals surface area contributed by atoms with Crippen molar-refractivity contribution in [1.82, 2.24) is 4.90 Å². The number of aliphatic hydroxyl groups is 1. The lowest BCUT2D eigenvalue weighted by Crippen LogP contribution is -2.35. The Kier molecular flexibility index (Phi) is 4.66. The largest absolute Gasteiger partial charge is 0.389 e. The second kappa shape index (κ2) is 5.54. The standard InChI is InChI=1S/C9H20N2O2/c1-2-13-7-9(12)6-11-4-3-8(10)5-11/h8-9,12H,2-7,10H2,1H3/t8-,9?/m1/s1. The molecule has 1 unspecified atom stereocenters. The molecule has 1 fully saturated rings. The maximum absolute atomic E-state index is 9.52. The van der Waals surface area contributed by atoms with Crippen LogP contribution < -0.4 is 5.73 Å². The highest BCUT2D eigenvalue weighted by Gasteiger charge is 2.20. The molecule has 1 aliphatic rings. The lowest BCUT2D eigenvalue weighted by Gasteiger charge is -2.19. The third kappa shape index (κ3) is 4.04. The van der Waals surface area contributed by atoms with E-state index in [1.165, 1.54) is 0 Å². The predicted octanol–water partition coefficient (Wildman–Crippen LogP) is -0.583. The van der Waals surface area contributed by atoms with E-state index < -0.39 is 0 Å². The average Bonchev–Trinajstić information content (AvgIpc) is 2.48. The number of likely N-dealkylation sites (tertiary alicyclic amines) is 1. The molecule has 1 aliphatic heterocycles. The van der Waals surface area contributed by atoms with Gasteiger partial charge in [0.2, 0.25) is 0 Å². The highest BCUT2D eigenvalue weighted by molar-refractivity contribution is 4.79. The van der Waals surface area contributed by atoms with Crippen molar-refractivity contribution in [2.75, 3.05) is 32.8 Å². The Morgan fingerprint density at radius 2 is 2.46 bits per heavy atom. The number of rotatable bonds is 5. The van der Waals surface area contributed by atoms with Crippen LogP contribution in [0.3, 0.4) is 0 Å². The minimum Gasteiger partial charge on any atom is -0.389 e. The van der Waals surface area contributed by atoms with Gasteiger partial charge in [0.15, 0.2) is 0 Å². The molecule has 0 bridgehead atoms. The van der Waals surface area contributed by atoms with Crippen LogP contribution in [-0.2, 0) is 4.74 Å². The number of hydrogen-bond acceptors (Lipinski definition) is 4. The lowest BCUT2D eigenvalue weighted by molar-refractivity contribution is 0.0250. The summed E-state index contributed by atoms with van der Waals surface area (Å²) in [5, 5.41) is 9.52. The van der Waals surface area contributed by atoms with Crippen LogP contribution in [0.4, 0.5) is 0 Å². The van der Waals surface area contributed by atoms with Gasteiger partial charge in [-0.1, -0.05) is 0 Å². The zero-order chi connectivity index (χ0) is 9.68. The van der Waals surface area contributed by atoms with Crippen molar-refractivity contribution in [2.45, 2.75) is 25.5 Å². The van der Waals surface area contributed by atoms with Crippen molar-refractivity contribution in [2.24, 2.45) is 5.73 Å². The zero-order valence-electron chi connectivity index (χ0n) is 8.28. The first-order valence-corrected chi connectivity index (χ1v) is 4.96. The number of aliphatic hydroxyl groups excluding tert-OH is 1. The first kappa shape index (κ1) is 10.9. The third-order valence-corrected chi connectivity index (χ3v) is 2.29. The number of ether oxygens (including phenoxy) is 1. The maximum Gasteiger partial charge on any atom is 0.0900 e. The van der Waals surface area contributed by atoms with Gasteiger partial charge in [0.1, 0.15) is 0 Å². The summed E-state index contributed by atoms with van der Waals surface area (Å²) in [5.41, 5.74) is 5.75. The Hall–Kier alpha value is -0.160. The second-order valence-corrected chi connectivity index (χ2v) is 3.62. The van der Waals surface area contributed by atoms with Crippen LogP contribution in [0.5, 0.6) is 0 Å². The van der Waals surface area contributed by atoms with Crippen LogP contribution in [0, 0.1) is 0 Å². The van der Waals surface area contributed by atoms with E-state index in [4.69, 9.17) is 10.5 Å². The molecule has 4 nitrogen and oxygen atoms in total. The molecule has 0 saturated carbocycles. The molecule has 3 N–H and O–H groups in total. The monoisotopic (exact) mass is 188 g/mol. The lowest BCUT2D eigenvalue weighted by atomic mass is 10.3. The summed E-state index contributed by atoms with van der Waals surface area (Å²) in [6, 6.07) is 0.291. The van der Waals surface area contributed by atoms with E-state index in [0.29, 0.717) is 25.8 Å². The second-order valence-electron chi connectivity index (χ2n) is 3.62. The number of β-amino-alcohol motifs (C(OH)–C–C–N with tert-alkyl or cyclic N) is 1. The predicted molar refractivity (Wildman–Crippen MR) is 51.5 cm³/mol. The molecule has 0 radical (unpaired) electrons. The Bertz CT molecular complexity index is 144. The summed E-state index contributed by atoms with van der Waals surface area (Å²) >= 11 is 0. The summed E-state index contributed by atoms with van der Waals surface area (Å²) in [6.07, 6.45) is 0.673. The van der Waals surface area contributed by atoms with E-state index in [1.54, 1.807) is 0 Å². The third-order valence-electron chi connectivity index (χ3n) is 2.29. The summed E-state index contributed by atoms with van der Waals surface area (Å²) < 4.78 is 5.12. The molecular formula is C9H20N2O2. The van der Waals surface area contributed by atoms with Gasteiger partial charge in [-0.05, 0) is 19.9 Å². The van der Waals surface area contributed by atoms with Crippen molar-refractivity contribution in [3.63, 3.8) is 0 Å². The molecular weight excluding hydrogens is 168 g/mol. The quantitative estimate of drug-likeness (QED) is 0.606. The van der Waals surface area contributed by atoms with Crippen LogP contribution in [0.25, 0.3) is 0 Å². The van der Waals surface area contributed by atoms with Gasteiger partial charge in [0, 0.05) is 25.7 Å². The summed E-state index contributed by atoms with van der Waals surface area (Å²) in [7, 11) is 0. The molecule has 1 heterocycles. The highest BCUT2D eigenvalue weighted by Crippen LogP contribution is 2.07.